The Bertz CT molecular complexity index is 991. The first-order valence-electron chi connectivity index (χ1n) is 9.40. The molecule has 1 aromatic carbocycles. The van der Waals surface area contributed by atoms with E-state index in [1.807, 2.05) is 11.1 Å². The van der Waals surface area contributed by atoms with E-state index in [2.05, 4.69) is 20.5 Å². The number of likely N-dealkylation sites (tertiary alicyclic amines) is 1. The van der Waals surface area contributed by atoms with Crippen LogP contribution in [0.25, 0.3) is 11.6 Å². The van der Waals surface area contributed by atoms with Crippen LogP contribution in [0.2, 0.25) is 0 Å². The molecular weight excluding hydrogens is 360 g/mol. The van der Waals surface area contributed by atoms with Crippen molar-refractivity contribution in [3.05, 3.63) is 41.9 Å². The molecule has 1 aliphatic carbocycles. The molecule has 5 rings (SSSR count). The summed E-state index contributed by atoms with van der Waals surface area (Å²) < 4.78 is 12.2. The summed E-state index contributed by atoms with van der Waals surface area (Å²) in [5.74, 6) is 2.33. The number of methoxy groups -OCH3 is 1. The maximum Gasteiger partial charge on any atom is 0.280 e. The molecule has 0 bridgehead atoms. The highest BCUT2D eigenvalue weighted by molar-refractivity contribution is 5.94. The van der Waals surface area contributed by atoms with E-state index < -0.39 is 0 Å². The van der Waals surface area contributed by atoms with Crippen molar-refractivity contribution in [1.29, 1.82) is 0 Å². The number of rotatable bonds is 5. The number of benzene rings is 1. The highest BCUT2D eigenvalue weighted by Crippen LogP contribution is 2.38. The fourth-order valence-corrected chi connectivity index (χ4v) is 3.46. The molecule has 144 valence electrons. The Kier molecular flexibility index (Phi) is 4.07. The molecule has 28 heavy (non-hydrogen) atoms. The average molecular weight is 380 g/mol. The molecule has 1 atom stereocenters. The van der Waals surface area contributed by atoms with Gasteiger partial charge >= 0.3 is 0 Å². The molecule has 9 heteroatoms. The van der Waals surface area contributed by atoms with Crippen molar-refractivity contribution in [2.45, 2.75) is 31.2 Å². The Balaban J connectivity index is 1.26. The zero-order chi connectivity index (χ0) is 19.1. The van der Waals surface area contributed by atoms with E-state index in [1.165, 1.54) is 0 Å². The van der Waals surface area contributed by atoms with Gasteiger partial charge in [0, 0.05) is 24.6 Å². The Morgan fingerprint density at radius 1 is 1.21 bits per heavy atom. The normalized spacial score (nSPS) is 19.2. The predicted octanol–water partition coefficient (Wildman–Crippen LogP) is 2.30. The molecule has 2 aromatic heterocycles. The number of hydrogen-bond acceptors (Lipinski definition) is 7. The minimum absolute atomic E-state index is 0.0106. The third kappa shape index (κ3) is 3.12. The summed E-state index contributed by atoms with van der Waals surface area (Å²) in [4.78, 5) is 19.0. The predicted molar refractivity (Wildman–Crippen MR) is 97.8 cm³/mol. The number of carbonyl (C=O) groups excluding carboxylic acids is 1. The molecule has 3 heterocycles. The lowest BCUT2D eigenvalue weighted by atomic mass is 10.2. The van der Waals surface area contributed by atoms with E-state index >= 15 is 0 Å². The zero-order valence-electron chi connectivity index (χ0n) is 15.5. The summed E-state index contributed by atoms with van der Waals surface area (Å²) >= 11 is 0. The van der Waals surface area contributed by atoms with Crippen LogP contribution in [-0.4, -0.2) is 56.1 Å². The van der Waals surface area contributed by atoms with Gasteiger partial charge in [0.25, 0.3) is 11.8 Å². The van der Waals surface area contributed by atoms with Gasteiger partial charge in [-0.25, -0.2) is 4.68 Å². The summed E-state index contributed by atoms with van der Waals surface area (Å²) in [5.41, 5.74) is 1.22. The minimum atomic E-state index is 0.0106. The Hall–Kier alpha value is -3.23. The van der Waals surface area contributed by atoms with Crippen LogP contribution in [0.4, 0.5) is 0 Å². The Morgan fingerprint density at radius 3 is 2.79 bits per heavy atom. The van der Waals surface area contributed by atoms with Crippen LogP contribution >= 0.6 is 0 Å². The van der Waals surface area contributed by atoms with Gasteiger partial charge in [-0.05, 0) is 43.5 Å². The lowest BCUT2D eigenvalue weighted by molar-refractivity contribution is 0.0787. The molecule has 2 aliphatic rings. The maximum atomic E-state index is 12.7. The van der Waals surface area contributed by atoms with Gasteiger partial charge < -0.3 is 14.2 Å². The van der Waals surface area contributed by atoms with E-state index in [9.17, 15) is 4.79 Å². The van der Waals surface area contributed by atoms with Crippen LogP contribution in [0, 0.1) is 0 Å². The van der Waals surface area contributed by atoms with E-state index in [1.54, 1.807) is 36.1 Å². The Morgan fingerprint density at radius 2 is 2.04 bits per heavy atom. The summed E-state index contributed by atoms with van der Waals surface area (Å²) in [7, 11) is 1.61. The van der Waals surface area contributed by atoms with Gasteiger partial charge in [0.15, 0.2) is 11.5 Å². The molecule has 0 radical (unpaired) electrons. The highest BCUT2D eigenvalue weighted by Gasteiger charge is 2.31. The lowest BCUT2D eigenvalue weighted by Gasteiger charge is -2.16. The fraction of sp³-hybridized carbons (Fsp3) is 0.421. The van der Waals surface area contributed by atoms with Gasteiger partial charge in [0.05, 0.1) is 19.3 Å². The maximum absolute atomic E-state index is 12.7. The number of amides is 1. The third-order valence-corrected chi connectivity index (χ3v) is 5.28. The summed E-state index contributed by atoms with van der Waals surface area (Å²) in [6.07, 6.45) is 4.87. The second kappa shape index (κ2) is 6.74. The molecule has 0 unspecified atom stereocenters. The van der Waals surface area contributed by atoms with Crippen molar-refractivity contribution in [3.63, 3.8) is 0 Å². The van der Waals surface area contributed by atoms with Crippen LogP contribution < -0.4 is 4.74 Å². The molecule has 1 aliphatic heterocycles. The third-order valence-electron chi connectivity index (χ3n) is 5.28. The molecular formula is C19H20N6O3. The molecule has 2 fully saturated rings. The van der Waals surface area contributed by atoms with Crippen molar-refractivity contribution >= 4 is 5.91 Å². The van der Waals surface area contributed by atoms with Crippen LogP contribution in [-0.2, 0) is 0 Å². The van der Waals surface area contributed by atoms with Crippen LogP contribution in [0.15, 0.2) is 35.0 Å². The molecule has 0 spiro atoms. The van der Waals surface area contributed by atoms with E-state index in [-0.39, 0.29) is 11.9 Å². The number of aromatic nitrogens is 5. The molecule has 1 saturated heterocycles. The fourth-order valence-electron chi connectivity index (χ4n) is 3.46. The monoisotopic (exact) mass is 380 g/mol. The smallest absolute Gasteiger partial charge is 0.280 e. The first kappa shape index (κ1) is 16.9. The van der Waals surface area contributed by atoms with Crippen molar-refractivity contribution in [1.82, 2.24) is 30.0 Å². The number of hydrogen-bond donors (Lipinski definition) is 0. The quantitative estimate of drug-likeness (QED) is 0.669. The average Bonchev–Trinajstić information content (AvgIpc) is 3.16. The lowest BCUT2D eigenvalue weighted by Crippen LogP contribution is -2.29. The van der Waals surface area contributed by atoms with Gasteiger partial charge in [0.1, 0.15) is 5.75 Å². The van der Waals surface area contributed by atoms with Crippen molar-refractivity contribution in [2.24, 2.45) is 0 Å². The number of nitrogens with zero attached hydrogens (tertiary/aromatic N) is 6. The number of carbonyl (C=O) groups is 1. The topological polar surface area (TPSA) is 99.2 Å². The van der Waals surface area contributed by atoms with Gasteiger partial charge in [-0.15, -0.1) is 5.10 Å². The highest BCUT2D eigenvalue weighted by atomic mass is 16.5. The molecule has 9 nitrogen and oxygen atoms in total. The van der Waals surface area contributed by atoms with Crippen molar-refractivity contribution in [2.75, 3.05) is 20.2 Å². The first-order valence-corrected chi connectivity index (χ1v) is 9.40. The summed E-state index contributed by atoms with van der Waals surface area (Å²) in [5, 5.41) is 12.4. The van der Waals surface area contributed by atoms with Crippen LogP contribution in [0.1, 0.15) is 47.4 Å². The zero-order valence-corrected chi connectivity index (χ0v) is 15.5. The van der Waals surface area contributed by atoms with Gasteiger partial charge in [-0.2, -0.15) is 4.98 Å². The van der Waals surface area contributed by atoms with Gasteiger partial charge in [0.2, 0.25) is 0 Å². The van der Waals surface area contributed by atoms with Crippen molar-refractivity contribution < 1.29 is 14.1 Å². The van der Waals surface area contributed by atoms with E-state index in [4.69, 9.17) is 9.26 Å². The van der Waals surface area contributed by atoms with Gasteiger partial charge in [-0.3, -0.25) is 4.79 Å². The van der Waals surface area contributed by atoms with E-state index in [0.717, 1.165) is 30.8 Å². The van der Waals surface area contributed by atoms with Crippen LogP contribution in [0.3, 0.4) is 0 Å². The minimum Gasteiger partial charge on any atom is -0.497 e. The molecule has 3 aromatic rings. The van der Waals surface area contributed by atoms with Crippen molar-refractivity contribution in [3.8, 4) is 17.3 Å². The first-order chi connectivity index (χ1) is 13.7. The number of ether oxygens (including phenoxy) is 1. The molecule has 1 amide bonds. The molecule has 0 N–H and O–H groups in total. The second-order valence-corrected chi connectivity index (χ2v) is 7.24. The van der Waals surface area contributed by atoms with Gasteiger partial charge in [-0.1, -0.05) is 10.4 Å². The second-order valence-electron chi connectivity index (χ2n) is 7.24. The Labute approximate surface area is 161 Å². The summed E-state index contributed by atoms with van der Waals surface area (Å²) in [6, 6.07) is 7.24. The summed E-state index contributed by atoms with van der Waals surface area (Å²) in [6.45, 7) is 1.27. The van der Waals surface area contributed by atoms with E-state index in [0.29, 0.717) is 36.2 Å². The largest absolute Gasteiger partial charge is 0.497 e. The SMILES string of the molecule is COc1ccc(C(=O)N2CC[C@@H](n3cc(-c4nc(C5CC5)no4)nn3)C2)cc1. The molecule has 1 saturated carbocycles. The standard InChI is InChI=1S/C19H20N6O3/c1-27-15-6-4-13(5-7-15)19(26)24-9-8-14(10-24)25-11-16(21-23-25)18-20-17(22-28-18)12-2-3-12/h4-7,11-12,14H,2-3,8-10H2,1H3/t14-/m1/s1. The van der Waals surface area contributed by atoms with Crippen LogP contribution in [0.5, 0.6) is 5.75 Å².